The molecule has 2 aliphatic heterocycles. The first kappa shape index (κ1) is 11.1. The number of ketones is 1. The molecule has 3 heteroatoms. The fourth-order valence-corrected chi connectivity index (χ4v) is 2.63. The normalized spacial score (nSPS) is 35.9. The van der Waals surface area contributed by atoms with E-state index in [-0.39, 0.29) is 5.60 Å². The molecule has 15 heavy (non-hydrogen) atoms. The van der Waals surface area contributed by atoms with Crippen molar-refractivity contribution in [1.29, 1.82) is 0 Å². The molecule has 0 aliphatic carbocycles. The van der Waals surface area contributed by atoms with Crippen LogP contribution in [0.4, 0.5) is 0 Å². The van der Waals surface area contributed by atoms with E-state index in [9.17, 15) is 4.79 Å². The first-order chi connectivity index (χ1) is 7.24. The van der Waals surface area contributed by atoms with Crippen molar-refractivity contribution in [3.63, 3.8) is 0 Å². The van der Waals surface area contributed by atoms with E-state index in [1.54, 1.807) is 0 Å². The van der Waals surface area contributed by atoms with Crippen molar-refractivity contribution in [2.45, 2.75) is 44.6 Å². The molecule has 2 saturated heterocycles. The first-order valence-corrected chi connectivity index (χ1v) is 5.97. The number of hydrogen-bond donors (Lipinski definition) is 0. The van der Waals surface area contributed by atoms with Crippen LogP contribution in [0.1, 0.15) is 39.0 Å². The highest BCUT2D eigenvalue weighted by atomic mass is 16.6. The summed E-state index contributed by atoms with van der Waals surface area (Å²) in [6.07, 6.45) is 4.46. The van der Waals surface area contributed by atoms with Gasteiger partial charge in [0.25, 0.3) is 0 Å². The molecule has 0 amide bonds. The number of rotatable bonds is 3. The van der Waals surface area contributed by atoms with Crippen molar-refractivity contribution < 1.29 is 14.3 Å². The Morgan fingerprint density at radius 3 is 3.00 bits per heavy atom. The zero-order chi connectivity index (χ0) is 10.7. The van der Waals surface area contributed by atoms with Gasteiger partial charge in [-0.05, 0) is 18.8 Å². The molecule has 2 unspecified atom stereocenters. The van der Waals surface area contributed by atoms with Crippen molar-refractivity contribution in [3.05, 3.63) is 0 Å². The summed E-state index contributed by atoms with van der Waals surface area (Å²) in [4.78, 5) is 11.4. The second-order valence-electron chi connectivity index (χ2n) is 4.79. The van der Waals surface area contributed by atoms with Crippen LogP contribution in [0, 0.1) is 5.92 Å². The lowest BCUT2D eigenvalue weighted by atomic mass is 9.82. The zero-order valence-electron chi connectivity index (χ0n) is 9.46. The van der Waals surface area contributed by atoms with Crippen LogP contribution in [0.25, 0.3) is 0 Å². The summed E-state index contributed by atoms with van der Waals surface area (Å²) in [5.41, 5.74) is -0.0447. The van der Waals surface area contributed by atoms with Crippen LogP contribution in [0.3, 0.4) is 0 Å². The summed E-state index contributed by atoms with van der Waals surface area (Å²) >= 11 is 0. The fourth-order valence-electron chi connectivity index (χ4n) is 2.63. The van der Waals surface area contributed by atoms with Crippen molar-refractivity contribution >= 4 is 5.78 Å². The minimum atomic E-state index is -0.0447. The summed E-state index contributed by atoms with van der Waals surface area (Å²) < 4.78 is 11.2. The molecule has 0 saturated carbocycles. The molecule has 3 nitrogen and oxygen atoms in total. The Labute approximate surface area is 91.1 Å². The van der Waals surface area contributed by atoms with Crippen LogP contribution in [-0.2, 0) is 14.3 Å². The van der Waals surface area contributed by atoms with Gasteiger partial charge in [0, 0.05) is 32.5 Å². The van der Waals surface area contributed by atoms with Gasteiger partial charge in [0.2, 0.25) is 0 Å². The van der Waals surface area contributed by atoms with E-state index < -0.39 is 0 Å². The smallest absolute Gasteiger partial charge is 0.132 e. The molecule has 0 aromatic heterocycles. The lowest BCUT2D eigenvalue weighted by Gasteiger charge is -2.36. The molecule has 2 heterocycles. The van der Waals surface area contributed by atoms with Crippen LogP contribution in [-0.4, -0.2) is 31.2 Å². The topological polar surface area (TPSA) is 35.5 Å². The van der Waals surface area contributed by atoms with Crippen LogP contribution < -0.4 is 0 Å². The van der Waals surface area contributed by atoms with Gasteiger partial charge in [0.15, 0.2) is 0 Å². The summed E-state index contributed by atoms with van der Waals surface area (Å²) in [6.45, 7) is 4.28. The van der Waals surface area contributed by atoms with Gasteiger partial charge in [-0.3, -0.25) is 4.79 Å². The number of carbonyl (C=O) groups excluding carboxylic acids is 1. The maximum absolute atomic E-state index is 11.4. The van der Waals surface area contributed by atoms with Gasteiger partial charge >= 0.3 is 0 Å². The van der Waals surface area contributed by atoms with Crippen molar-refractivity contribution in [1.82, 2.24) is 0 Å². The Morgan fingerprint density at radius 1 is 1.47 bits per heavy atom. The summed E-state index contributed by atoms with van der Waals surface area (Å²) in [5.74, 6) is 0.906. The second-order valence-corrected chi connectivity index (χ2v) is 4.79. The molecule has 0 radical (unpaired) electrons. The molecule has 0 aromatic rings. The van der Waals surface area contributed by atoms with Crippen molar-refractivity contribution in [3.8, 4) is 0 Å². The highest BCUT2D eigenvalue weighted by Crippen LogP contribution is 2.37. The predicted octanol–water partition coefficient (Wildman–Crippen LogP) is 1.94. The van der Waals surface area contributed by atoms with Gasteiger partial charge < -0.3 is 9.47 Å². The van der Waals surface area contributed by atoms with Crippen LogP contribution >= 0.6 is 0 Å². The molecule has 0 aromatic carbocycles. The molecule has 2 atom stereocenters. The summed E-state index contributed by atoms with van der Waals surface area (Å²) in [6, 6.07) is 0. The van der Waals surface area contributed by atoms with Gasteiger partial charge in [-0.15, -0.1) is 0 Å². The van der Waals surface area contributed by atoms with E-state index in [4.69, 9.17) is 9.47 Å². The zero-order valence-corrected chi connectivity index (χ0v) is 9.46. The average Bonchev–Trinajstić information content (AvgIpc) is 2.66. The highest BCUT2D eigenvalue weighted by molar-refractivity contribution is 5.78. The Hall–Kier alpha value is -0.410. The van der Waals surface area contributed by atoms with E-state index in [1.165, 1.54) is 0 Å². The lowest BCUT2D eigenvalue weighted by Crippen LogP contribution is -2.40. The number of carbonyl (C=O) groups is 1. The van der Waals surface area contributed by atoms with Gasteiger partial charge in [-0.1, -0.05) is 6.92 Å². The Bertz CT molecular complexity index is 231. The van der Waals surface area contributed by atoms with E-state index in [0.29, 0.717) is 18.1 Å². The van der Waals surface area contributed by atoms with Gasteiger partial charge in [-0.2, -0.15) is 0 Å². The maximum Gasteiger partial charge on any atom is 0.132 e. The molecule has 86 valence electrons. The third-order valence-corrected chi connectivity index (χ3v) is 3.57. The monoisotopic (exact) mass is 212 g/mol. The molecular formula is C12H20O3. The van der Waals surface area contributed by atoms with E-state index >= 15 is 0 Å². The molecule has 1 spiro atoms. The molecule has 2 aliphatic rings. The SMILES string of the molecule is CCC(=O)CC1CCOC2(CCOC2)C1. The lowest BCUT2D eigenvalue weighted by molar-refractivity contribution is -0.124. The summed E-state index contributed by atoms with van der Waals surface area (Å²) in [7, 11) is 0. The Balaban J connectivity index is 1.89. The molecule has 2 rings (SSSR count). The average molecular weight is 212 g/mol. The maximum atomic E-state index is 11.4. The van der Waals surface area contributed by atoms with Crippen molar-refractivity contribution in [2.75, 3.05) is 19.8 Å². The number of hydrogen-bond acceptors (Lipinski definition) is 3. The van der Waals surface area contributed by atoms with E-state index in [1.807, 2.05) is 6.92 Å². The van der Waals surface area contributed by atoms with Crippen LogP contribution in [0.2, 0.25) is 0 Å². The largest absolute Gasteiger partial charge is 0.378 e. The highest BCUT2D eigenvalue weighted by Gasteiger charge is 2.41. The quantitative estimate of drug-likeness (QED) is 0.717. The van der Waals surface area contributed by atoms with E-state index in [0.717, 1.165) is 45.5 Å². The van der Waals surface area contributed by atoms with Crippen molar-refractivity contribution in [2.24, 2.45) is 5.92 Å². The third kappa shape index (κ3) is 2.58. The molecule has 2 fully saturated rings. The number of ether oxygens (including phenoxy) is 2. The number of Topliss-reactive ketones (excluding diaryl/α,β-unsaturated/α-hetero) is 1. The van der Waals surface area contributed by atoms with Gasteiger partial charge in [0.05, 0.1) is 12.2 Å². The third-order valence-electron chi connectivity index (χ3n) is 3.57. The Kier molecular flexibility index (Phi) is 3.42. The predicted molar refractivity (Wildman–Crippen MR) is 56.8 cm³/mol. The fraction of sp³-hybridized carbons (Fsp3) is 0.917. The Morgan fingerprint density at radius 2 is 2.33 bits per heavy atom. The molecule has 0 N–H and O–H groups in total. The first-order valence-electron chi connectivity index (χ1n) is 5.97. The second kappa shape index (κ2) is 4.62. The van der Waals surface area contributed by atoms with E-state index in [2.05, 4.69) is 0 Å². The van der Waals surface area contributed by atoms with Crippen LogP contribution in [0.5, 0.6) is 0 Å². The minimum Gasteiger partial charge on any atom is -0.378 e. The molecule has 0 bridgehead atoms. The van der Waals surface area contributed by atoms with Gasteiger partial charge in [-0.25, -0.2) is 0 Å². The molecular weight excluding hydrogens is 192 g/mol. The van der Waals surface area contributed by atoms with Gasteiger partial charge in [0.1, 0.15) is 5.78 Å². The summed E-state index contributed by atoms with van der Waals surface area (Å²) in [5, 5.41) is 0. The van der Waals surface area contributed by atoms with Crippen LogP contribution in [0.15, 0.2) is 0 Å². The standard InChI is InChI=1S/C12H20O3/c1-2-11(13)7-10-3-5-15-12(8-10)4-6-14-9-12/h10H,2-9H2,1H3. The minimum absolute atomic E-state index is 0.0447.